The highest BCUT2D eigenvalue weighted by Crippen LogP contribution is 2.24. The molecule has 110 valence electrons. The molecule has 0 spiro atoms. The number of rotatable bonds is 2. The molecular weight excluding hydrogens is 264 g/mol. The van der Waals surface area contributed by atoms with Crippen LogP contribution in [0, 0.1) is 6.92 Å². The number of benzene rings is 1. The van der Waals surface area contributed by atoms with Crippen molar-refractivity contribution in [3.8, 4) is 11.1 Å². The highest BCUT2D eigenvalue weighted by molar-refractivity contribution is 5.88. The van der Waals surface area contributed by atoms with Gasteiger partial charge in [0.05, 0.1) is 0 Å². The minimum absolute atomic E-state index is 0.321. The second-order valence-corrected chi connectivity index (χ2v) is 5.95. The maximum atomic E-state index is 12.0. The van der Waals surface area contributed by atoms with Crippen molar-refractivity contribution in [1.29, 1.82) is 0 Å². The summed E-state index contributed by atoms with van der Waals surface area (Å²) in [6, 6.07) is 11.1. The first-order valence-corrected chi connectivity index (χ1v) is 6.83. The molecule has 0 radical (unpaired) electrons. The molecule has 0 fully saturated rings. The Labute approximate surface area is 125 Å². The van der Waals surface area contributed by atoms with Crippen LogP contribution >= 0.6 is 0 Å². The van der Waals surface area contributed by atoms with Gasteiger partial charge in [0, 0.05) is 16.9 Å². The summed E-state index contributed by atoms with van der Waals surface area (Å²) < 4.78 is 5.32. The second-order valence-electron chi connectivity index (χ2n) is 5.95. The van der Waals surface area contributed by atoms with E-state index in [1.54, 1.807) is 6.07 Å². The van der Waals surface area contributed by atoms with Gasteiger partial charge >= 0.3 is 5.97 Å². The zero-order valence-corrected chi connectivity index (χ0v) is 12.8. The first-order chi connectivity index (χ1) is 9.76. The molecule has 2 rings (SSSR count). The Balaban J connectivity index is 2.29. The molecule has 0 unspecified atom stereocenters. The third-order valence-electron chi connectivity index (χ3n) is 2.92. The van der Waals surface area contributed by atoms with E-state index in [-0.39, 0.29) is 0 Å². The number of ether oxygens (including phenoxy) is 1. The Hall–Kier alpha value is -2.36. The van der Waals surface area contributed by atoms with Crippen molar-refractivity contribution in [1.82, 2.24) is 4.98 Å². The topological polar surface area (TPSA) is 65.2 Å². The highest BCUT2D eigenvalue weighted by atomic mass is 16.6. The summed E-state index contributed by atoms with van der Waals surface area (Å²) in [6.45, 7) is 7.38. The minimum Gasteiger partial charge on any atom is -0.455 e. The van der Waals surface area contributed by atoms with E-state index < -0.39 is 11.6 Å². The highest BCUT2D eigenvalue weighted by Gasteiger charge is 2.19. The van der Waals surface area contributed by atoms with Crippen molar-refractivity contribution in [2.24, 2.45) is 0 Å². The van der Waals surface area contributed by atoms with Gasteiger partial charge in [-0.15, -0.1) is 0 Å². The van der Waals surface area contributed by atoms with E-state index in [1.807, 2.05) is 58.0 Å². The summed E-state index contributed by atoms with van der Waals surface area (Å²) in [7, 11) is 0. The quantitative estimate of drug-likeness (QED) is 0.676. The summed E-state index contributed by atoms with van der Waals surface area (Å²) in [5.74, 6) is -0.408. The molecule has 4 heteroatoms. The number of esters is 1. The third kappa shape index (κ3) is 3.81. The van der Waals surface area contributed by atoms with Crippen LogP contribution in [-0.4, -0.2) is 16.6 Å². The number of carbonyl (C=O) groups is 1. The average Bonchev–Trinajstić information content (AvgIpc) is 2.38. The summed E-state index contributed by atoms with van der Waals surface area (Å²) in [6.07, 6.45) is 0. The molecule has 1 aromatic carbocycles. The molecule has 0 atom stereocenters. The third-order valence-corrected chi connectivity index (χ3v) is 2.92. The summed E-state index contributed by atoms with van der Waals surface area (Å²) in [5.41, 5.74) is 8.97. The lowest BCUT2D eigenvalue weighted by molar-refractivity contribution is 0.00626. The van der Waals surface area contributed by atoms with Crippen molar-refractivity contribution < 1.29 is 9.53 Å². The van der Waals surface area contributed by atoms with Gasteiger partial charge in [-0.1, -0.05) is 18.2 Å². The molecule has 21 heavy (non-hydrogen) atoms. The van der Waals surface area contributed by atoms with E-state index in [0.717, 1.165) is 22.5 Å². The zero-order valence-electron chi connectivity index (χ0n) is 12.8. The standard InChI is InChI=1S/C17H20N2O2/c1-11-14(12-5-7-13(18)8-6-12)9-10-15(19-11)16(20)21-17(2,3)4/h5-10H,18H2,1-4H3. The summed E-state index contributed by atoms with van der Waals surface area (Å²) in [4.78, 5) is 16.4. The summed E-state index contributed by atoms with van der Waals surface area (Å²) >= 11 is 0. The molecule has 0 saturated carbocycles. The normalized spacial score (nSPS) is 11.2. The second kappa shape index (κ2) is 5.56. The van der Waals surface area contributed by atoms with E-state index in [4.69, 9.17) is 10.5 Å². The van der Waals surface area contributed by atoms with Crippen LogP contribution in [0.1, 0.15) is 37.0 Å². The number of pyridine rings is 1. The molecule has 0 amide bonds. The molecule has 0 saturated heterocycles. The van der Waals surface area contributed by atoms with Crippen LogP contribution in [0.25, 0.3) is 11.1 Å². The van der Waals surface area contributed by atoms with E-state index in [2.05, 4.69) is 4.98 Å². The monoisotopic (exact) mass is 284 g/mol. The number of nitrogen functional groups attached to an aromatic ring is 1. The van der Waals surface area contributed by atoms with Gasteiger partial charge < -0.3 is 10.5 Å². The Morgan fingerprint density at radius 2 is 1.71 bits per heavy atom. The van der Waals surface area contributed by atoms with E-state index in [1.165, 1.54) is 0 Å². The largest absolute Gasteiger partial charge is 0.455 e. The van der Waals surface area contributed by atoms with Gasteiger partial charge in [0.15, 0.2) is 0 Å². The molecule has 4 nitrogen and oxygen atoms in total. The van der Waals surface area contributed by atoms with Crippen molar-refractivity contribution in [3.05, 3.63) is 47.8 Å². The van der Waals surface area contributed by atoms with Crippen LogP contribution in [0.3, 0.4) is 0 Å². The smallest absolute Gasteiger partial charge is 0.357 e. The Bertz CT molecular complexity index is 655. The number of hydrogen-bond acceptors (Lipinski definition) is 4. The van der Waals surface area contributed by atoms with Crippen LogP contribution < -0.4 is 5.73 Å². The predicted molar refractivity (Wildman–Crippen MR) is 84.0 cm³/mol. The van der Waals surface area contributed by atoms with Crippen LogP contribution in [0.15, 0.2) is 36.4 Å². The van der Waals surface area contributed by atoms with E-state index in [0.29, 0.717) is 5.69 Å². The lowest BCUT2D eigenvalue weighted by Gasteiger charge is -2.19. The number of nitrogens with zero attached hydrogens (tertiary/aromatic N) is 1. The van der Waals surface area contributed by atoms with Gasteiger partial charge in [-0.2, -0.15) is 0 Å². The molecule has 0 aliphatic rings. The van der Waals surface area contributed by atoms with Gasteiger partial charge in [0.2, 0.25) is 0 Å². The summed E-state index contributed by atoms with van der Waals surface area (Å²) in [5, 5.41) is 0. The number of aromatic nitrogens is 1. The number of carbonyl (C=O) groups excluding carboxylic acids is 1. The fourth-order valence-electron chi connectivity index (χ4n) is 1.97. The lowest BCUT2D eigenvalue weighted by atomic mass is 10.0. The lowest BCUT2D eigenvalue weighted by Crippen LogP contribution is -2.24. The van der Waals surface area contributed by atoms with Gasteiger partial charge in [-0.3, -0.25) is 0 Å². The molecule has 1 aromatic heterocycles. The molecular formula is C17H20N2O2. The van der Waals surface area contributed by atoms with Crippen molar-refractivity contribution >= 4 is 11.7 Å². The van der Waals surface area contributed by atoms with Crippen molar-refractivity contribution in [3.63, 3.8) is 0 Å². The Morgan fingerprint density at radius 1 is 1.10 bits per heavy atom. The van der Waals surface area contributed by atoms with Crippen LogP contribution in [-0.2, 0) is 4.74 Å². The molecule has 0 aliphatic heterocycles. The molecule has 0 bridgehead atoms. The minimum atomic E-state index is -0.525. The van der Waals surface area contributed by atoms with Gasteiger partial charge in [0.25, 0.3) is 0 Å². The molecule has 2 aromatic rings. The molecule has 2 N–H and O–H groups in total. The number of nitrogens with two attached hydrogens (primary N) is 1. The van der Waals surface area contributed by atoms with E-state index >= 15 is 0 Å². The first-order valence-electron chi connectivity index (χ1n) is 6.83. The number of aryl methyl sites for hydroxylation is 1. The maximum absolute atomic E-state index is 12.0. The van der Waals surface area contributed by atoms with Crippen LogP contribution in [0.4, 0.5) is 5.69 Å². The first kappa shape index (κ1) is 15.0. The number of anilines is 1. The fourth-order valence-corrected chi connectivity index (χ4v) is 1.97. The van der Waals surface area contributed by atoms with Crippen molar-refractivity contribution in [2.75, 3.05) is 5.73 Å². The van der Waals surface area contributed by atoms with Gasteiger partial charge in [-0.25, -0.2) is 9.78 Å². The zero-order chi connectivity index (χ0) is 15.6. The van der Waals surface area contributed by atoms with E-state index in [9.17, 15) is 4.79 Å². The van der Waals surface area contributed by atoms with Crippen LogP contribution in [0.2, 0.25) is 0 Å². The maximum Gasteiger partial charge on any atom is 0.357 e. The Morgan fingerprint density at radius 3 is 2.24 bits per heavy atom. The Kier molecular flexibility index (Phi) is 3.98. The molecule has 0 aliphatic carbocycles. The average molecular weight is 284 g/mol. The van der Waals surface area contributed by atoms with Crippen molar-refractivity contribution in [2.45, 2.75) is 33.3 Å². The number of hydrogen-bond donors (Lipinski definition) is 1. The molecule has 1 heterocycles. The van der Waals surface area contributed by atoms with Gasteiger partial charge in [0.1, 0.15) is 11.3 Å². The van der Waals surface area contributed by atoms with Crippen LogP contribution in [0.5, 0.6) is 0 Å². The predicted octanol–water partition coefficient (Wildman–Crippen LogP) is 3.59. The SMILES string of the molecule is Cc1nc(C(=O)OC(C)(C)C)ccc1-c1ccc(N)cc1. The fraction of sp³-hybridized carbons (Fsp3) is 0.294. The van der Waals surface area contributed by atoms with Gasteiger partial charge in [-0.05, 0) is 51.5 Å².